The van der Waals surface area contributed by atoms with Crippen molar-refractivity contribution in [2.24, 2.45) is 20.0 Å². The van der Waals surface area contributed by atoms with Crippen molar-refractivity contribution in [2.45, 2.75) is 32.1 Å². The highest BCUT2D eigenvalue weighted by molar-refractivity contribution is 6.21. The highest BCUT2D eigenvalue weighted by Crippen LogP contribution is 2.33. The summed E-state index contributed by atoms with van der Waals surface area (Å²) in [6.07, 6.45) is 2.25. The molecule has 0 radical (unpaired) electrons. The summed E-state index contributed by atoms with van der Waals surface area (Å²) in [6.45, 7) is 4.35. The maximum absolute atomic E-state index is 11.9. The molecule has 19 heavy (non-hydrogen) atoms. The van der Waals surface area contributed by atoms with E-state index in [-0.39, 0.29) is 11.1 Å². The van der Waals surface area contributed by atoms with Gasteiger partial charge in [0, 0.05) is 14.1 Å². The highest BCUT2D eigenvalue weighted by atomic mass is 35.5. The van der Waals surface area contributed by atoms with Crippen LogP contribution in [0.3, 0.4) is 0 Å². The summed E-state index contributed by atoms with van der Waals surface area (Å²) in [7, 11) is 3.59. The number of nitrogens with zero attached hydrogens (tertiary/aromatic N) is 2. The van der Waals surface area contributed by atoms with Crippen molar-refractivity contribution in [3.8, 4) is 0 Å². The Morgan fingerprint density at radius 3 is 2.47 bits per heavy atom. The molecule has 0 N–H and O–H groups in total. The molecule has 0 amide bonds. The van der Waals surface area contributed by atoms with Gasteiger partial charge in [0.1, 0.15) is 0 Å². The van der Waals surface area contributed by atoms with Crippen LogP contribution in [0.4, 0.5) is 0 Å². The first-order valence-electron chi connectivity index (χ1n) is 6.76. The first kappa shape index (κ1) is 14.2. The van der Waals surface area contributed by atoms with Gasteiger partial charge in [0.2, 0.25) is 0 Å². The van der Waals surface area contributed by atoms with Gasteiger partial charge in [-0.3, -0.25) is 9.13 Å². The van der Waals surface area contributed by atoms with Gasteiger partial charge in [-0.2, -0.15) is 0 Å². The van der Waals surface area contributed by atoms with Gasteiger partial charge in [-0.1, -0.05) is 26.3 Å². The van der Waals surface area contributed by atoms with Gasteiger partial charge in [-0.25, -0.2) is 4.79 Å². The lowest BCUT2D eigenvalue weighted by Gasteiger charge is -2.17. The molecule has 4 heteroatoms. The Hall–Kier alpha value is -1.22. The molecule has 104 valence electrons. The number of hydrogen-bond donors (Lipinski definition) is 0. The van der Waals surface area contributed by atoms with E-state index in [1.165, 1.54) is 0 Å². The fourth-order valence-electron chi connectivity index (χ4n) is 2.63. The topological polar surface area (TPSA) is 26.9 Å². The SMILES string of the molecule is CCCC(C)C(Cl)c1ccc2c(c1)n(C)c(=O)n2C. The molecule has 0 bridgehead atoms. The average Bonchev–Trinajstić information content (AvgIpc) is 2.63. The second-order valence-electron chi connectivity index (χ2n) is 5.32. The standard InChI is InChI=1S/C15H21ClN2O/c1-5-6-10(2)14(16)11-7-8-12-13(9-11)18(4)15(19)17(12)3/h7-10,14H,5-6H2,1-4H3. The van der Waals surface area contributed by atoms with Crippen LogP contribution in [0.15, 0.2) is 23.0 Å². The van der Waals surface area contributed by atoms with E-state index in [0.29, 0.717) is 5.92 Å². The number of halogens is 1. The summed E-state index contributed by atoms with van der Waals surface area (Å²) >= 11 is 6.54. The zero-order valence-corrected chi connectivity index (χ0v) is 12.7. The third kappa shape index (κ3) is 2.44. The lowest BCUT2D eigenvalue weighted by Crippen LogP contribution is -2.19. The number of aromatic nitrogens is 2. The van der Waals surface area contributed by atoms with Gasteiger partial charge in [0.25, 0.3) is 0 Å². The number of fused-ring (bicyclic) bond motifs is 1. The molecular weight excluding hydrogens is 260 g/mol. The quantitative estimate of drug-likeness (QED) is 0.786. The Labute approximate surface area is 118 Å². The van der Waals surface area contributed by atoms with Crippen LogP contribution in [-0.4, -0.2) is 9.13 Å². The minimum atomic E-state index is -0.000317. The van der Waals surface area contributed by atoms with Gasteiger partial charge in [-0.05, 0) is 30.0 Å². The Morgan fingerprint density at radius 2 is 1.84 bits per heavy atom. The highest BCUT2D eigenvalue weighted by Gasteiger charge is 2.17. The number of aryl methyl sites for hydroxylation is 2. The predicted molar refractivity (Wildman–Crippen MR) is 80.8 cm³/mol. The predicted octanol–water partition coefficient (Wildman–Crippen LogP) is 3.59. The molecule has 0 saturated carbocycles. The van der Waals surface area contributed by atoms with Crippen molar-refractivity contribution in [3.63, 3.8) is 0 Å². The van der Waals surface area contributed by atoms with Crippen LogP contribution in [0, 0.1) is 5.92 Å². The molecule has 0 aliphatic heterocycles. The lowest BCUT2D eigenvalue weighted by molar-refractivity contribution is 0.508. The van der Waals surface area contributed by atoms with E-state index in [1.54, 1.807) is 23.2 Å². The lowest BCUT2D eigenvalue weighted by atomic mass is 9.96. The van der Waals surface area contributed by atoms with Crippen LogP contribution in [0.25, 0.3) is 11.0 Å². The van der Waals surface area contributed by atoms with Crippen LogP contribution in [0.1, 0.15) is 37.6 Å². The minimum Gasteiger partial charge on any atom is -0.295 e. The molecule has 2 unspecified atom stereocenters. The monoisotopic (exact) mass is 280 g/mol. The number of imidazole rings is 1. The van der Waals surface area contributed by atoms with Crippen molar-refractivity contribution >= 4 is 22.6 Å². The molecule has 0 spiro atoms. The maximum atomic E-state index is 11.9. The second kappa shape index (κ2) is 5.41. The van der Waals surface area contributed by atoms with Crippen LogP contribution >= 0.6 is 11.6 Å². The van der Waals surface area contributed by atoms with Crippen molar-refractivity contribution in [3.05, 3.63) is 34.2 Å². The Kier molecular flexibility index (Phi) is 4.04. The largest absolute Gasteiger partial charge is 0.328 e. The van der Waals surface area contributed by atoms with E-state index in [1.807, 2.05) is 18.2 Å². The molecule has 2 rings (SSSR count). The molecule has 0 fully saturated rings. The van der Waals surface area contributed by atoms with E-state index < -0.39 is 0 Å². The zero-order valence-electron chi connectivity index (χ0n) is 12.0. The molecule has 3 nitrogen and oxygen atoms in total. The third-order valence-corrected chi connectivity index (χ3v) is 4.54. The van der Waals surface area contributed by atoms with Crippen LogP contribution in [0.2, 0.25) is 0 Å². The number of hydrogen-bond acceptors (Lipinski definition) is 1. The number of rotatable bonds is 4. The molecule has 0 saturated heterocycles. The van der Waals surface area contributed by atoms with Crippen molar-refractivity contribution < 1.29 is 0 Å². The second-order valence-corrected chi connectivity index (χ2v) is 5.79. The van der Waals surface area contributed by atoms with E-state index in [0.717, 1.165) is 29.4 Å². The molecule has 0 aliphatic carbocycles. The Bertz CT molecular complexity index is 641. The summed E-state index contributed by atoms with van der Waals surface area (Å²) in [5.41, 5.74) is 2.99. The van der Waals surface area contributed by atoms with Gasteiger partial charge >= 0.3 is 5.69 Å². The summed E-state index contributed by atoms with van der Waals surface area (Å²) in [5, 5.41) is -0.000317. The summed E-state index contributed by atoms with van der Waals surface area (Å²) in [5.74, 6) is 0.435. The molecule has 2 aromatic rings. The maximum Gasteiger partial charge on any atom is 0.328 e. The van der Waals surface area contributed by atoms with E-state index >= 15 is 0 Å². The Morgan fingerprint density at radius 1 is 1.21 bits per heavy atom. The summed E-state index contributed by atoms with van der Waals surface area (Å²) in [4.78, 5) is 11.9. The molecule has 1 aromatic heterocycles. The Balaban J connectivity index is 2.47. The van der Waals surface area contributed by atoms with E-state index in [9.17, 15) is 4.79 Å². The zero-order chi connectivity index (χ0) is 14.2. The molecule has 2 atom stereocenters. The first-order valence-corrected chi connectivity index (χ1v) is 7.20. The molecule has 1 heterocycles. The van der Waals surface area contributed by atoms with Gasteiger partial charge in [0.05, 0.1) is 16.4 Å². The fourth-order valence-corrected chi connectivity index (χ4v) is 2.89. The molecule has 0 aliphatic rings. The smallest absolute Gasteiger partial charge is 0.295 e. The van der Waals surface area contributed by atoms with Crippen molar-refractivity contribution in [1.29, 1.82) is 0 Å². The van der Waals surface area contributed by atoms with E-state index in [4.69, 9.17) is 11.6 Å². The molecule has 1 aromatic carbocycles. The van der Waals surface area contributed by atoms with Gasteiger partial charge < -0.3 is 0 Å². The fraction of sp³-hybridized carbons (Fsp3) is 0.533. The average molecular weight is 281 g/mol. The third-order valence-electron chi connectivity index (χ3n) is 3.86. The summed E-state index contributed by atoms with van der Waals surface area (Å²) in [6, 6.07) is 6.06. The number of benzene rings is 1. The van der Waals surface area contributed by atoms with Gasteiger partial charge in [-0.15, -0.1) is 11.6 Å². The number of alkyl halides is 1. The van der Waals surface area contributed by atoms with E-state index in [2.05, 4.69) is 13.8 Å². The van der Waals surface area contributed by atoms with Crippen LogP contribution in [-0.2, 0) is 14.1 Å². The van der Waals surface area contributed by atoms with Crippen molar-refractivity contribution in [1.82, 2.24) is 9.13 Å². The van der Waals surface area contributed by atoms with Crippen LogP contribution < -0.4 is 5.69 Å². The first-order chi connectivity index (χ1) is 8.97. The van der Waals surface area contributed by atoms with Crippen molar-refractivity contribution in [2.75, 3.05) is 0 Å². The summed E-state index contributed by atoms with van der Waals surface area (Å²) < 4.78 is 3.34. The molecular formula is C15H21ClN2O. The van der Waals surface area contributed by atoms with Crippen LogP contribution in [0.5, 0.6) is 0 Å². The van der Waals surface area contributed by atoms with Gasteiger partial charge in [0.15, 0.2) is 0 Å². The minimum absolute atomic E-state index is 0.000112. The normalized spacial score (nSPS) is 14.8.